The van der Waals surface area contributed by atoms with Crippen LogP contribution in [0.3, 0.4) is 0 Å². The topological polar surface area (TPSA) is 91.0 Å². The van der Waals surface area contributed by atoms with Crippen LogP contribution in [0.25, 0.3) is 0 Å². The van der Waals surface area contributed by atoms with Crippen LogP contribution in [0.2, 0.25) is 0 Å². The molecule has 0 aliphatic carbocycles. The third-order valence-electron chi connectivity index (χ3n) is 7.14. The van der Waals surface area contributed by atoms with E-state index in [-0.39, 0.29) is 0 Å². The summed E-state index contributed by atoms with van der Waals surface area (Å²) in [5, 5.41) is 21.3. The first-order valence-electron chi connectivity index (χ1n) is 13.7. The van der Waals surface area contributed by atoms with Crippen molar-refractivity contribution in [2.24, 2.45) is 0 Å². The predicted molar refractivity (Wildman–Crippen MR) is 171 cm³/mol. The van der Waals surface area contributed by atoms with Gasteiger partial charge in [0.1, 0.15) is 35.1 Å². The van der Waals surface area contributed by atoms with Crippen LogP contribution >= 0.6 is 0 Å². The fourth-order valence-electron chi connectivity index (χ4n) is 5.16. The number of nitriles is 2. The molecule has 5 aromatic rings. The molecule has 8 nitrogen and oxygen atoms in total. The molecule has 0 aliphatic rings. The van der Waals surface area contributed by atoms with Crippen molar-refractivity contribution in [3.63, 3.8) is 0 Å². The highest BCUT2D eigenvalue weighted by Gasteiger charge is 2.28. The van der Waals surface area contributed by atoms with E-state index in [2.05, 4.69) is 12.1 Å². The highest BCUT2D eigenvalue weighted by molar-refractivity contribution is 5.91. The fourth-order valence-corrected chi connectivity index (χ4v) is 5.16. The van der Waals surface area contributed by atoms with Crippen LogP contribution in [-0.4, -0.2) is 28.4 Å². The molecule has 0 saturated carbocycles. The molecule has 5 rings (SSSR count). The number of hydrogen-bond acceptors (Lipinski definition) is 8. The van der Waals surface area contributed by atoms with Crippen molar-refractivity contribution in [3.05, 3.63) is 120 Å². The summed E-state index contributed by atoms with van der Waals surface area (Å²) in [5.74, 6) is 2.31. The number of hydrogen-bond donors (Lipinski definition) is 0. The van der Waals surface area contributed by atoms with Gasteiger partial charge in [0.25, 0.3) is 0 Å². The molecule has 0 heterocycles. The van der Waals surface area contributed by atoms with Crippen molar-refractivity contribution in [3.8, 4) is 35.1 Å². The van der Waals surface area contributed by atoms with Crippen molar-refractivity contribution < 1.29 is 18.9 Å². The number of methoxy groups -OCH3 is 4. The minimum Gasteiger partial charge on any atom is -0.495 e. The second-order valence-electron chi connectivity index (χ2n) is 9.47. The summed E-state index contributed by atoms with van der Waals surface area (Å²) < 4.78 is 22.9. The van der Waals surface area contributed by atoms with E-state index in [1.807, 2.05) is 107 Å². The maximum Gasteiger partial charge on any atom is 0.142 e. The van der Waals surface area contributed by atoms with Gasteiger partial charge in [-0.1, -0.05) is 48.5 Å². The van der Waals surface area contributed by atoms with Crippen LogP contribution < -0.4 is 28.7 Å². The second-order valence-corrected chi connectivity index (χ2v) is 9.47. The van der Waals surface area contributed by atoms with E-state index in [4.69, 9.17) is 18.9 Å². The minimum atomic E-state index is 0.311. The molecule has 5 aromatic carbocycles. The molecule has 0 fully saturated rings. The lowest BCUT2D eigenvalue weighted by Gasteiger charge is -2.32. The predicted octanol–water partition coefficient (Wildman–Crippen LogP) is 8.40. The smallest absolute Gasteiger partial charge is 0.142 e. The van der Waals surface area contributed by atoms with Crippen molar-refractivity contribution in [2.75, 3.05) is 38.2 Å². The van der Waals surface area contributed by atoms with E-state index >= 15 is 0 Å². The monoisotopic (exact) mass is 582 g/mol. The molecule has 0 bridgehead atoms. The second kappa shape index (κ2) is 13.2. The molecular formula is C36H30N4O4. The number of nitrogens with zero attached hydrogens (tertiary/aromatic N) is 4. The van der Waals surface area contributed by atoms with E-state index in [1.165, 1.54) is 0 Å². The summed E-state index contributed by atoms with van der Waals surface area (Å²) in [6.07, 6.45) is 0. The van der Waals surface area contributed by atoms with Gasteiger partial charge < -0.3 is 28.7 Å². The van der Waals surface area contributed by atoms with Crippen molar-refractivity contribution >= 4 is 34.1 Å². The highest BCUT2D eigenvalue weighted by atomic mass is 16.5. The van der Waals surface area contributed by atoms with E-state index in [0.29, 0.717) is 68.2 Å². The van der Waals surface area contributed by atoms with Crippen LogP contribution in [0, 0.1) is 22.7 Å². The molecule has 0 aromatic heterocycles. The molecule has 0 amide bonds. The number of para-hydroxylation sites is 8. The Morgan fingerprint density at radius 2 is 0.659 bits per heavy atom. The summed E-state index contributed by atoms with van der Waals surface area (Å²) in [6.45, 7) is 0. The quantitative estimate of drug-likeness (QED) is 0.162. The van der Waals surface area contributed by atoms with Gasteiger partial charge in [-0.3, -0.25) is 0 Å². The highest BCUT2D eigenvalue weighted by Crippen LogP contribution is 2.49. The van der Waals surface area contributed by atoms with Gasteiger partial charge >= 0.3 is 0 Å². The van der Waals surface area contributed by atoms with Gasteiger partial charge in [-0.25, -0.2) is 0 Å². The lowest BCUT2D eigenvalue weighted by molar-refractivity contribution is 0.412. The molecular weight excluding hydrogens is 552 g/mol. The van der Waals surface area contributed by atoms with Gasteiger partial charge in [-0.15, -0.1) is 0 Å². The number of rotatable bonds is 10. The summed E-state index contributed by atoms with van der Waals surface area (Å²) >= 11 is 0. The van der Waals surface area contributed by atoms with Crippen molar-refractivity contribution in [2.45, 2.75) is 0 Å². The van der Waals surface area contributed by atoms with E-state index in [1.54, 1.807) is 40.6 Å². The van der Waals surface area contributed by atoms with E-state index in [9.17, 15) is 10.5 Å². The standard InChI is InChI=1S/C36H30N4O4/c1-41-33-17-9-5-13-27(33)39(28-14-6-10-18-34(28)42-2)31-21-26(24-38)32(22-25(31)23-37)40(29-15-7-11-19-35(29)43-3)30-16-8-12-20-36(30)44-4/h5-22H,1-4H3. The lowest BCUT2D eigenvalue weighted by Crippen LogP contribution is -2.17. The molecule has 0 saturated heterocycles. The SMILES string of the molecule is COc1ccccc1N(c1cc(C#N)c(N(c2ccccc2OC)c2ccccc2OC)cc1C#N)c1ccccc1OC. The zero-order chi connectivity index (χ0) is 31.1. The maximum absolute atomic E-state index is 10.6. The maximum atomic E-state index is 10.6. The van der Waals surface area contributed by atoms with Crippen LogP contribution in [0.1, 0.15) is 11.1 Å². The molecule has 0 unspecified atom stereocenters. The Labute approximate surface area is 257 Å². The van der Waals surface area contributed by atoms with E-state index < -0.39 is 0 Å². The number of ether oxygens (including phenoxy) is 4. The molecule has 0 N–H and O–H groups in total. The first kappa shape index (κ1) is 29.4. The molecule has 8 heteroatoms. The Bertz CT molecular complexity index is 1640. The number of anilines is 6. The van der Waals surface area contributed by atoms with Crippen LogP contribution in [-0.2, 0) is 0 Å². The third-order valence-corrected chi connectivity index (χ3v) is 7.14. The molecule has 0 aliphatic heterocycles. The Morgan fingerprint density at radius 1 is 0.409 bits per heavy atom. The van der Waals surface area contributed by atoms with Crippen molar-refractivity contribution in [1.82, 2.24) is 0 Å². The average molecular weight is 583 g/mol. The van der Waals surface area contributed by atoms with Crippen LogP contribution in [0.15, 0.2) is 109 Å². The van der Waals surface area contributed by atoms with Crippen LogP contribution in [0.5, 0.6) is 23.0 Å². The average Bonchev–Trinajstić information content (AvgIpc) is 3.09. The molecule has 0 radical (unpaired) electrons. The minimum absolute atomic E-state index is 0.311. The first-order chi connectivity index (χ1) is 21.6. The molecule has 0 atom stereocenters. The normalized spacial score (nSPS) is 10.2. The number of benzene rings is 5. The fraction of sp³-hybridized carbons (Fsp3) is 0.111. The summed E-state index contributed by atoms with van der Waals surface area (Å²) in [6, 6.07) is 38.1. The molecule has 44 heavy (non-hydrogen) atoms. The van der Waals surface area contributed by atoms with Gasteiger partial charge in [-0.05, 0) is 60.7 Å². The van der Waals surface area contributed by atoms with E-state index in [0.717, 1.165) is 0 Å². The molecule has 218 valence electrons. The van der Waals surface area contributed by atoms with Gasteiger partial charge in [-0.2, -0.15) is 10.5 Å². The lowest BCUT2D eigenvalue weighted by atomic mass is 10.0. The Balaban J connectivity index is 1.85. The third kappa shape index (κ3) is 5.40. The van der Waals surface area contributed by atoms with Crippen LogP contribution in [0.4, 0.5) is 34.1 Å². The first-order valence-corrected chi connectivity index (χ1v) is 13.7. The van der Waals surface area contributed by atoms with Gasteiger partial charge in [0.05, 0.1) is 73.7 Å². The zero-order valence-electron chi connectivity index (χ0n) is 24.8. The molecule has 0 spiro atoms. The van der Waals surface area contributed by atoms with Gasteiger partial charge in [0.15, 0.2) is 0 Å². The van der Waals surface area contributed by atoms with Gasteiger partial charge in [0, 0.05) is 0 Å². The summed E-state index contributed by atoms with van der Waals surface area (Å²) in [5.41, 5.74) is 4.23. The Hall–Kier alpha value is -6.12. The largest absolute Gasteiger partial charge is 0.495 e. The van der Waals surface area contributed by atoms with Gasteiger partial charge in [0.2, 0.25) is 0 Å². The summed E-state index contributed by atoms with van der Waals surface area (Å²) in [7, 11) is 6.36. The summed E-state index contributed by atoms with van der Waals surface area (Å²) in [4.78, 5) is 3.74. The Morgan fingerprint density at radius 3 is 0.886 bits per heavy atom. The van der Waals surface area contributed by atoms with Crippen molar-refractivity contribution in [1.29, 1.82) is 10.5 Å². The Kier molecular flexibility index (Phi) is 8.84. The zero-order valence-corrected chi connectivity index (χ0v) is 24.8.